The van der Waals surface area contributed by atoms with E-state index in [9.17, 15) is 0 Å². The summed E-state index contributed by atoms with van der Waals surface area (Å²) >= 11 is 1.66. The van der Waals surface area contributed by atoms with E-state index in [-0.39, 0.29) is 18.3 Å². The maximum Gasteiger partial charge on any atom is 0.507 e. The average Bonchev–Trinajstić information content (AvgIpc) is 3.13. The molecule has 0 spiro atoms. The molecule has 4 rings (SSSR count). The van der Waals surface area contributed by atoms with Crippen LogP contribution in [0.25, 0.3) is 0 Å². The molecule has 5 nitrogen and oxygen atoms in total. The molecule has 1 aromatic carbocycles. The van der Waals surface area contributed by atoms with Crippen molar-refractivity contribution in [2.24, 2.45) is 5.92 Å². The van der Waals surface area contributed by atoms with Crippen LogP contribution >= 0.6 is 11.3 Å². The van der Waals surface area contributed by atoms with Crippen LogP contribution in [-0.4, -0.2) is 43.0 Å². The van der Waals surface area contributed by atoms with Gasteiger partial charge in [-0.05, 0) is 33.3 Å². The van der Waals surface area contributed by atoms with Gasteiger partial charge < -0.3 is 18.9 Å². The lowest BCUT2D eigenvalue weighted by Gasteiger charge is -2.38. The van der Waals surface area contributed by atoms with Gasteiger partial charge in [0.2, 0.25) is 0 Å². The zero-order chi connectivity index (χ0) is 19.1. The Morgan fingerprint density at radius 2 is 1.81 bits per heavy atom. The van der Waals surface area contributed by atoms with E-state index in [0.717, 1.165) is 29.6 Å². The Bertz CT molecular complexity index is 759. The molecule has 0 saturated carbocycles. The third-order valence-corrected chi connectivity index (χ3v) is 6.77. The van der Waals surface area contributed by atoms with Crippen LogP contribution in [-0.2, 0) is 20.7 Å². The number of aromatic nitrogens is 1. The molecule has 27 heavy (non-hydrogen) atoms. The van der Waals surface area contributed by atoms with Crippen molar-refractivity contribution in [2.75, 3.05) is 24.6 Å². The quantitative estimate of drug-likeness (QED) is 0.714. The molecular formula is C20H27BN2O3S. The highest BCUT2D eigenvalue weighted by molar-refractivity contribution is 7.25. The van der Waals surface area contributed by atoms with Gasteiger partial charge in [0.25, 0.3) is 0 Å². The fourth-order valence-corrected chi connectivity index (χ4v) is 4.13. The summed E-state index contributed by atoms with van der Waals surface area (Å²) in [6, 6.07) is 10.3. The lowest BCUT2D eigenvalue weighted by atomic mass is 9.89. The van der Waals surface area contributed by atoms with Gasteiger partial charge in [-0.1, -0.05) is 30.3 Å². The Hall–Kier alpha value is -1.41. The first-order valence-electron chi connectivity index (χ1n) is 9.52. The van der Waals surface area contributed by atoms with E-state index in [1.165, 1.54) is 5.56 Å². The molecule has 0 radical (unpaired) electrons. The van der Waals surface area contributed by atoms with E-state index in [2.05, 4.69) is 49.7 Å². The molecule has 2 aliphatic heterocycles. The van der Waals surface area contributed by atoms with Gasteiger partial charge in [0.05, 0.1) is 29.2 Å². The van der Waals surface area contributed by atoms with Crippen LogP contribution in [0.1, 0.15) is 33.3 Å². The molecule has 2 aromatic rings. The van der Waals surface area contributed by atoms with Crippen LogP contribution in [0.15, 0.2) is 36.5 Å². The van der Waals surface area contributed by atoms with E-state index < -0.39 is 0 Å². The molecule has 0 amide bonds. The second kappa shape index (κ2) is 7.20. The largest absolute Gasteiger partial charge is 0.507 e. The molecule has 2 fully saturated rings. The van der Waals surface area contributed by atoms with Crippen molar-refractivity contribution in [1.29, 1.82) is 0 Å². The number of hydrogen-bond acceptors (Lipinski definition) is 6. The standard InChI is InChI=1S/C20H27BN2O3S/c1-19(2)20(3,4)26-21(25-19)17-10-22-18(27-17)23-11-16(12-23)14-24-13-15-8-6-5-7-9-15/h5-10,16H,11-14H2,1-4H3. The second-order valence-electron chi connectivity index (χ2n) is 8.41. The molecule has 2 saturated heterocycles. The van der Waals surface area contributed by atoms with Gasteiger partial charge in [-0.2, -0.15) is 0 Å². The normalized spacial score (nSPS) is 21.5. The van der Waals surface area contributed by atoms with Crippen LogP contribution in [0.4, 0.5) is 5.13 Å². The summed E-state index contributed by atoms with van der Waals surface area (Å²) in [5.41, 5.74) is 0.583. The fraction of sp³-hybridized carbons (Fsp3) is 0.550. The van der Waals surface area contributed by atoms with Crippen molar-refractivity contribution in [1.82, 2.24) is 4.98 Å². The minimum atomic E-state index is -0.326. The number of thiazole rings is 1. The molecule has 1 aromatic heterocycles. The van der Waals surface area contributed by atoms with Gasteiger partial charge >= 0.3 is 7.12 Å². The zero-order valence-corrected chi connectivity index (χ0v) is 17.3. The predicted octanol–water partition coefficient (Wildman–Crippen LogP) is 3.10. The molecule has 3 heterocycles. The number of rotatable bonds is 6. The fourth-order valence-electron chi connectivity index (χ4n) is 3.24. The highest BCUT2D eigenvalue weighted by Gasteiger charge is 2.52. The molecule has 0 N–H and O–H groups in total. The number of nitrogens with zero attached hydrogens (tertiary/aromatic N) is 2. The van der Waals surface area contributed by atoms with Gasteiger partial charge in [0, 0.05) is 25.2 Å². The maximum absolute atomic E-state index is 6.12. The van der Waals surface area contributed by atoms with Crippen LogP contribution < -0.4 is 9.68 Å². The Morgan fingerprint density at radius 3 is 2.48 bits per heavy atom. The Balaban J connectivity index is 1.25. The van der Waals surface area contributed by atoms with Crippen molar-refractivity contribution in [3.05, 3.63) is 42.1 Å². The summed E-state index contributed by atoms with van der Waals surface area (Å²) in [4.78, 5) is 6.89. The first kappa shape index (κ1) is 18.9. The lowest BCUT2D eigenvalue weighted by molar-refractivity contribution is 0.00578. The summed E-state index contributed by atoms with van der Waals surface area (Å²) in [6.45, 7) is 11.8. The van der Waals surface area contributed by atoms with E-state index in [0.29, 0.717) is 12.5 Å². The molecule has 0 bridgehead atoms. The number of hydrogen-bond donors (Lipinski definition) is 0. The predicted molar refractivity (Wildman–Crippen MR) is 110 cm³/mol. The topological polar surface area (TPSA) is 43.8 Å². The van der Waals surface area contributed by atoms with Gasteiger partial charge in [0.1, 0.15) is 0 Å². The summed E-state index contributed by atoms with van der Waals surface area (Å²) in [5, 5.41) is 1.04. The average molecular weight is 386 g/mol. The third kappa shape index (κ3) is 3.92. The van der Waals surface area contributed by atoms with Crippen molar-refractivity contribution >= 4 is 28.4 Å². The summed E-state index contributed by atoms with van der Waals surface area (Å²) < 4.78 is 19.1. The van der Waals surface area contributed by atoms with E-state index in [1.807, 2.05) is 24.4 Å². The number of anilines is 1. The van der Waals surface area contributed by atoms with Crippen molar-refractivity contribution < 1.29 is 14.0 Å². The minimum absolute atomic E-state index is 0.320. The van der Waals surface area contributed by atoms with Crippen LogP contribution in [0, 0.1) is 5.92 Å². The Labute approximate surface area is 165 Å². The SMILES string of the molecule is CC1(C)OB(c2cnc(N3CC(COCc4ccccc4)C3)s2)OC1(C)C. The molecule has 0 atom stereocenters. The molecule has 7 heteroatoms. The Morgan fingerprint density at radius 1 is 1.15 bits per heavy atom. The van der Waals surface area contributed by atoms with Crippen molar-refractivity contribution in [2.45, 2.75) is 45.5 Å². The highest BCUT2D eigenvalue weighted by atomic mass is 32.1. The minimum Gasteiger partial charge on any atom is -0.399 e. The molecule has 2 aliphatic rings. The van der Waals surface area contributed by atoms with Gasteiger partial charge in [0.15, 0.2) is 5.13 Å². The molecule has 0 aliphatic carbocycles. The maximum atomic E-state index is 6.12. The van der Waals surface area contributed by atoms with Crippen molar-refractivity contribution in [3.8, 4) is 0 Å². The zero-order valence-electron chi connectivity index (χ0n) is 16.5. The third-order valence-electron chi connectivity index (χ3n) is 5.69. The first-order chi connectivity index (χ1) is 12.8. The van der Waals surface area contributed by atoms with Gasteiger partial charge in [-0.3, -0.25) is 0 Å². The molecular weight excluding hydrogens is 359 g/mol. The van der Waals surface area contributed by atoms with Crippen molar-refractivity contribution in [3.63, 3.8) is 0 Å². The highest BCUT2D eigenvalue weighted by Crippen LogP contribution is 2.37. The second-order valence-corrected chi connectivity index (χ2v) is 9.45. The summed E-state index contributed by atoms with van der Waals surface area (Å²) in [5.74, 6) is 0.568. The monoisotopic (exact) mass is 386 g/mol. The lowest BCUT2D eigenvalue weighted by Crippen LogP contribution is -2.48. The number of benzene rings is 1. The summed E-state index contributed by atoms with van der Waals surface area (Å²) in [7, 11) is -0.326. The summed E-state index contributed by atoms with van der Waals surface area (Å²) in [6.07, 6.45) is 1.89. The first-order valence-corrected chi connectivity index (χ1v) is 10.3. The molecule has 0 unspecified atom stereocenters. The smallest absolute Gasteiger partial charge is 0.399 e. The van der Waals surface area contributed by atoms with Gasteiger partial charge in [-0.25, -0.2) is 4.98 Å². The van der Waals surface area contributed by atoms with Crippen LogP contribution in [0.2, 0.25) is 0 Å². The van der Waals surface area contributed by atoms with E-state index in [4.69, 9.17) is 14.0 Å². The van der Waals surface area contributed by atoms with Gasteiger partial charge in [-0.15, -0.1) is 11.3 Å². The van der Waals surface area contributed by atoms with E-state index in [1.54, 1.807) is 11.3 Å². The molecule has 144 valence electrons. The number of ether oxygens (including phenoxy) is 1. The Kier molecular flexibility index (Phi) is 5.05. The van der Waals surface area contributed by atoms with Crippen LogP contribution in [0.5, 0.6) is 0 Å². The van der Waals surface area contributed by atoms with E-state index >= 15 is 0 Å². The van der Waals surface area contributed by atoms with Crippen LogP contribution in [0.3, 0.4) is 0 Å².